The van der Waals surface area contributed by atoms with E-state index in [0.717, 1.165) is 32.0 Å². The zero-order valence-corrected chi connectivity index (χ0v) is 11.6. The summed E-state index contributed by atoms with van der Waals surface area (Å²) < 4.78 is 0. The summed E-state index contributed by atoms with van der Waals surface area (Å²) in [5.74, 6) is 0.789. The molecule has 1 aromatic rings. The van der Waals surface area contributed by atoms with E-state index >= 15 is 0 Å². The highest BCUT2D eigenvalue weighted by molar-refractivity contribution is 5.33. The molecule has 5 nitrogen and oxygen atoms in total. The average Bonchev–Trinajstić information content (AvgIpc) is 2.37. The Balaban J connectivity index is 2.14. The van der Waals surface area contributed by atoms with Crippen LogP contribution in [0.2, 0.25) is 0 Å². The van der Waals surface area contributed by atoms with E-state index in [2.05, 4.69) is 28.7 Å². The Kier molecular flexibility index (Phi) is 4.14. The van der Waals surface area contributed by atoms with Crippen LogP contribution >= 0.6 is 0 Å². The minimum atomic E-state index is 0.581. The number of anilines is 1. The maximum absolute atomic E-state index is 5.55. The summed E-state index contributed by atoms with van der Waals surface area (Å²) in [6.45, 7) is 7.93. The summed E-state index contributed by atoms with van der Waals surface area (Å²) >= 11 is 0. The van der Waals surface area contributed by atoms with Crippen LogP contribution in [0, 0.1) is 0 Å². The molecule has 2 N–H and O–H groups in total. The minimum absolute atomic E-state index is 0.581. The van der Waals surface area contributed by atoms with Crippen molar-refractivity contribution in [1.82, 2.24) is 14.9 Å². The molecule has 18 heavy (non-hydrogen) atoms. The number of aromatic nitrogens is 2. The van der Waals surface area contributed by atoms with E-state index in [1.165, 1.54) is 11.3 Å². The standard InChI is InChI=1S/C13H23N5/c1-10(2)18-6-4-12-11(9-18)8-15-13(16-12)17(3)7-5-14/h8,10H,4-7,9,14H2,1-3H3. The van der Waals surface area contributed by atoms with Crippen LogP contribution in [-0.4, -0.2) is 47.6 Å². The molecule has 5 heteroatoms. The molecule has 2 rings (SSSR count). The van der Waals surface area contributed by atoms with E-state index in [9.17, 15) is 0 Å². The first kappa shape index (κ1) is 13.2. The Morgan fingerprint density at radius 1 is 1.50 bits per heavy atom. The van der Waals surface area contributed by atoms with Gasteiger partial charge in [-0.25, -0.2) is 9.97 Å². The van der Waals surface area contributed by atoms with Crippen molar-refractivity contribution in [3.05, 3.63) is 17.5 Å². The normalized spacial score (nSPS) is 15.8. The van der Waals surface area contributed by atoms with Crippen molar-refractivity contribution >= 4 is 5.95 Å². The third-order valence-electron chi connectivity index (χ3n) is 3.49. The van der Waals surface area contributed by atoms with Crippen molar-refractivity contribution in [1.29, 1.82) is 0 Å². The molecule has 0 unspecified atom stereocenters. The first-order chi connectivity index (χ1) is 8.61. The van der Waals surface area contributed by atoms with Crippen LogP contribution < -0.4 is 10.6 Å². The Bertz CT molecular complexity index is 404. The molecular weight excluding hydrogens is 226 g/mol. The molecule has 0 fully saturated rings. The number of rotatable bonds is 4. The van der Waals surface area contributed by atoms with Crippen LogP contribution in [0.3, 0.4) is 0 Å². The highest BCUT2D eigenvalue weighted by atomic mass is 15.2. The van der Waals surface area contributed by atoms with Crippen molar-refractivity contribution in [3.63, 3.8) is 0 Å². The zero-order chi connectivity index (χ0) is 13.1. The summed E-state index contributed by atoms with van der Waals surface area (Å²) in [6, 6.07) is 0.581. The van der Waals surface area contributed by atoms with E-state index in [1.54, 1.807) is 0 Å². The maximum atomic E-state index is 5.55. The van der Waals surface area contributed by atoms with Crippen molar-refractivity contribution < 1.29 is 0 Å². The predicted octanol–water partition coefficient (Wildman–Crippen LogP) is 0.638. The molecule has 0 bridgehead atoms. The molecule has 100 valence electrons. The van der Waals surface area contributed by atoms with Gasteiger partial charge in [-0.05, 0) is 13.8 Å². The molecule has 1 aliphatic rings. The zero-order valence-electron chi connectivity index (χ0n) is 11.6. The summed E-state index contributed by atoms with van der Waals surface area (Å²) in [7, 11) is 1.98. The average molecular weight is 249 g/mol. The largest absolute Gasteiger partial charge is 0.343 e. The van der Waals surface area contributed by atoms with E-state index in [1.807, 2.05) is 18.1 Å². The van der Waals surface area contributed by atoms with Crippen molar-refractivity contribution in [2.75, 3.05) is 31.6 Å². The highest BCUT2D eigenvalue weighted by Gasteiger charge is 2.20. The van der Waals surface area contributed by atoms with Crippen LogP contribution in [-0.2, 0) is 13.0 Å². The van der Waals surface area contributed by atoms with Gasteiger partial charge in [0.1, 0.15) is 0 Å². The van der Waals surface area contributed by atoms with E-state index < -0.39 is 0 Å². The fourth-order valence-corrected chi connectivity index (χ4v) is 2.25. The number of hydrogen-bond acceptors (Lipinski definition) is 5. The molecule has 1 aliphatic heterocycles. The molecule has 0 saturated carbocycles. The molecule has 0 radical (unpaired) electrons. The van der Waals surface area contributed by atoms with Gasteiger partial charge in [0.15, 0.2) is 0 Å². The summed E-state index contributed by atoms with van der Waals surface area (Å²) in [6.07, 6.45) is 2.98. The third kappa shape index (κ3) is 2.79. The van der Waals surface area contributed by atoms with Crippen molar-refractivity contribution in [2.24, 2.45) is 5.73 Å². The number of likely N-dealkylation sites (N-methyl/N-ethyl adjacent to an activating group) is 1. The van der Waals surface area contributed by atoms with Crippen LogP contribution in [0.5, 0.6) is 0 Å². The second-order valence-corrected chi connectivity index (χ2v) is 5.17. The topological polar surface area (TPSA) is 58.3 Å². The lowest BCUT2D eigenvalue weighted by Crippen LogP contribution is -2.37. The summed E-state index contributed by atoms with van der Waals surface area (Å²) in [5, 5.41) is 0. The molecule has 0 spiro atoms. The highest BCUT2D eigenvalue weighted by Crippen LogP contribution is 2.20. The van der Waals surface area contributed by atoms with Gasteiger partial charge in [0.05, 0.1) is 5.69 Å². The molecule has 0 atom stereocenters. The summed E-state index contributed by atoms with van der Waals surface area (Å²) in [5.41, 5.74) is 8.01. The smallest absolute Gasteiger partial charge is 0.225 e. The minimum Gasteiger partial charge on any atom is -0.343 e. The lowest BCUT2D eigenvalue weighted by Gasteiger charge is -2.31. The van der Waals surface area contributed by atoms with Crippen LogP contribution in [0.4, 0.5) is 5.95 Å². The third-order valence-corrected chi connectivity index (χ3v) is 3.49. The Hall–Kier alpha value is -1.20. The van der Waals surface area contributed by atoms with Gasteiger partial charge in [0.25, 0.3) is 0 Å². The Morgan fingerprint density at radius 3 is 2.94 bits per heavy atom. The van der Waals surface area contributed by atoms with Gasteiger partial charge < -0.3 is 10.6 Å². The van der Waals surface area contributed by atoms with Gasteiger partial charge in [-0.15, -0.1) is 0 Å². The van der Waals surface area contributed by atoms with Crippen molar-refractivity contribution in [2.45, 2.75) is 32.9 Å². The van der Waals surface area contributed by atoms with Gasteiger partial charge in [-0.1, -0.05) is 0 Å². The lowest BCUT2D eigenvalue weighted by atomic mass is 10.1. The van der Waals surface area contributed by atoms with Crippen LogP contribution in [0.1, 0.15) is 25.1 Å². The van der Waals surface area contributed by atoms with E-state index in [0.29, 0.717) is 12.6 Å². The van der Waals surface area contributed by atoms with Gasteiger partial charge >= 0.3 is 0 Å². The molecule has 1 aromatic heterocycles. The number of fused-ring (bicyclic) bond motifs is 1. The number of hydrogen-bond donors (Lipinski definition) is 1. The molecule has 0 aromatic carbocycles. The quantitative estimate of drug-likeness (QED) is 0.848. The molecule has 0 aliphatic carbocycles. The van der Waals surface area contributed by atoms with Crippen molar-refractivity contribution in [3.8, 4) is 0 Å². The van der Waals surface area contributed by atoms with E-state index in [-0.39, 0.29) is 0 Å². The van der Waals surface area contributed by atoms with Crippen LogP contribution in [0.25, 0.3) is 0 Å². The number of nitrogens with zero attached hydrogens (tertiary/aromatic N) is 4. The second kappa shape index (κ2) is 5.63. The van der Waals surface area contributed by atoms with Crippen LogP contribution in [0.15, 0.2) is 6.20 Å². The monoisotopic (exact) mass is 249 g/mol. The molecule has 0 amide bonds. The first-order valence-electron chi connectivity index (χ1n) is 6.62. The maximum Gasteiger partial charge on any atom is 0.225 e. The fourth-order valence-electron chi connectivity index (χ4n) is 2.25. The number of nitrogens with two attached hydrogens (primary N) is 1. The first-order valence-corrected chi connectivity index (χ1v) is 6.62. The lowest BCUT2D eigenvalue weighted by molar-refractivity contribution is 0.201. The van der Waals surface area contributed by atoms with Gasteiger partial charge in [0.2, 0.25) is 5.95 Å². The SMILES string of the molecule is CC(C)N1CCc2nc(N(C)CCN)ncc2C1. The van der Waals surface area contributed by atoms with Gasteiger partial charge in [-0.3, -0.25) is 4.90 Å². The fraction of sp³-hybridized carbons (Fsp3) is 0.692. The second-order valence-electron chi connectivity index (χ2n) is 5.17. The van der Waals surface area contributed by atoms with Gasteiger partial charge in [-0.2, -0.15) is 0 Å². The molecular formula is C13H23N5. The Morgan fingerprint density at radius 2 is 2.28 bits per heavy atom. The predicted molar refractivity (Wildman–Crippen MR) is 73.6 cm³/mol. The van der Waals surface area contributed by atoms with Gasteiger partial charge in [0, 0.05) is 57.4 Å². The Labute approximate surface area is 109 Å². The van der Waals surface area contributed by atoms with E-state index in [4.69, 9.17) is 5.73 Å². The molecule has 2 heterocycles. The molecule has 0 saturated heterocycles. The summed E-state index contributed by atoms with van der Waals surface area (Å²) in [4.78, 5) is 13.6.